The van der Waals surface area contributed by atoms with Gasteiger partial charge in [-0.1, -0.05) is 12.1 Å². The first-order chi connectivity index (χ1) is 14.2. The molecule has 0 saturated carbocycles. The summed E-state index contributed by atoms with van der Waals surface area (Å²) in [7, 11) is 1.63. The Labute approximate surface area is 173 Å². The highest BCUT2D eigenvalue weighted by Gasteiger charge is 2.22. The Morgan fingerprint density at radius 1 is 1.17 bits per heavy atom. The van der Waals surface area contributed by atoms with Crippen molar-refractivity contribution >= 4 is 17.2 Å². The van der Waals surface area contributed by atoms with Crippen molar-refractivity contribution in [3.8, 4) is 27.8 Å². The predicted octanol–water partition coefficient (Wildman–Crippen LogP) is 4.25. The van der Waals surface area contributed by atoms with Crippen molar-refractivity contribution in [2.75, 3.05) is 26.9 Å². The number of aromatic nitrogens is 1. The summed E-state index contributed by atoms with van der Waals surface area (Å²) in [5.41, 5.74) is 2.34. The zero-order chi connectivity index (χ0) is 20.2. The van der Waals surface area contributed by atoms with Gasteiger partial charge in [0.1, 0.15) is 29.7 Å². The molecule has 0 saturated heterocycles. The van der Waals surface area contributed by atoms with Gasteiger partial charge in [-0.3, -0.25) is 4.79 Å². The monoisotopic (exact) mass is 410 g/mol. The van der Waals surface area contributed by atoms with E-state index < -0.39 is 0 Å². The summed E-state index contributed by atoms with van der Waals surface area (Å²) in [6.45, 7) is 4.03. The average Bonchev–Trinajstić information content (AvgIpc) is 3.27. The standard InChI is InChI=1S/C22H22N2O4S/c1-3-24(13-16-5-4-6-19-20(16)28-12-11-27-19)22(25)18-14-29-21(23-18)15-7-9-17(26-2)10-8-15/h4-10,14H,3,11-13H2,1-2H3. The molecule has 4 rings (SSSR count). The van der Waals surface area contributed by atoms with Crippen molar-refractivity contribution < 1.29 is 19.0 Å². The second-order valence-corrected chi connectivity index (χ2v) is 7.39. The molecule has 6 nitrogen and oxygen atoms in total. The quantitative estimate of drug-likeness (QED) is 0.608. The lowest BCUT2D eigenvalue weighted by Gasteiger charge is -2.25. The Morgan fingerprint density at radius 2 is 1.97 bits per heavy atom. The Morgan fingerprint density at radius 3 is 2.72 bits per heavy atom. The van der Waals surface area contributed by atoms with Gasteiger partial charge in [-0.25, -0.2) is 4.98 Å². The highest BCUT2D eigenvalue weighted by atomic mass is 32.1. The molecule has 1 aliphatic heterocycles. The fourth-order valence-electron chi connectivity index (χ4n) is 3.19. The number of fused-ring (bicyclic) bond motifs is 1. The van der Waals surface area contributed by atoms with Crippen LogP contribution in [0.15, 0.2) is 47.8 Å². The largest absolute Gasteiger partial charge is 0.497 e. The molecule has 0 atom stereocenters. The van der Waals surface area contributed by atoms with Gasteiger partial charge in [-0.05, 0) is 37.3 Å². The molecule has 29 heavy (non-hydrogen) atoms. The van der Waals surface area contributed by atoms with E-state index in [1.165, 1.54) is 11.3 Å². The molecule has 7 heteroatoms. The lowest BCUT2D eigenvalue weighted by molar-refractivity contribution is 0.0744. The van der Waals surface area contributed by atoms with E-state index in [1.54, 1.807) is 12.0 Å². The summed E-state index contributed by atoms with van der Waals surface area (Å²) >= 11 is 1.46. The molecule has 0 fully saturated rings. The molecule has 150 valence electrons. The molecule has 0 bridgehead atoms. The maximum absolute atomic E-state index is 13.1. The van der Waals surface area contributed by atoms with Gasteiger partial charge in [0.25, 0.3) is 5.91 Å². The zero-order valence-electron chi connectivity index (χ0n) is 16.4. The van der Waals surface area contributed by atoms with Crippen LogP contribution >= 0.6 is 11.3 Å². The van der Waals surface area contributed by atoms with Gasteiger partial charge < -0.3 is 19.1 Å². The van der Waals surface area contributed by atoms with E-state index in [9.17, 15) is 4.79 Å². The van der Waals surface area contributed by atoms with Crippen molar-refractivity contribution in [1.82, 2.24) is 9.88 Å². The lowest BCUT2D eigenvalue weighted by atomic mass is 10.1. The summed E-state index contributed by atoms with van der Waals surface area (Å²) in [6, 6.07) is 13.4. The topological polar surface area (TPSA) is 60.9 Å². The molecule has 0 unspecified atom stereocenters. The van der Waals surface area contributed by atoms with Gasteiger partial charge in [0, 0.05) is 29.6 Å². The van der Waals surface area contributed by atoms with Crippen LogP contribution in [-0.4, -0.2) is 42.7 Å². The highest BCUT2D eigenvalue weighted by molar-refractivity contribution is 7.13. The third kappa shape index (κ3) is 4.05. The minimum Gasteiger partial charge on any atom is -0.497 e. The highest BCUT2D eigenvalue weighted by Crippen LogP contribution is 2.34. The smallest absolute Gasteiger partial charge is 0.273 e. The number of hydrogen-bond donors (Lipinski definition) is 0. The SMILES string of the molecule is CCN(Cc1cccc2c1OCCO2)C(=O)c1csc(-c2ccc(OC)cc2)n1. The maximum Gasteiger partial charge on any atom is 0.273 e. The van der Waals surface area contributed by atoms with Crippen molar-refractivity contribution in [3.63, 3.8) is 0 Å². The molecule has 0 N–H and O–H groups in total. The molecule has 0 spiro atoms. The van der Waals surface area contributed by atoms with Crippen LogP contribution < -0.4 is 14.2 Å². The fraction of sp³-hybridized carbons (Fsp3) is 0.273. The fourth-order valence-corrected chi connectivity index (χ4v) is 3.99. The van der Waals surface area contributed by atoms with Gasteiger partial charge in [-0.2, -0.15) is 0 Å². The van der Waals surface area contributed by atoms with Crippen molar-refractivity contribution in [3.05, 3.63) is 59.1 Å². The van der Waals surface area contributed by atoms with E-state index in [0.29, 0.717) is 32.0 Å². The first-order valence-electron chi connectivity index (χ1n) is 9.46. The van der Waals surface area contributed by atoms with Gasteiger partial charge in [0.05, 0.1) is 7.11 Å². The van der Waals surface area contributed by atoms with E-state index in [2.05, 4.69) is 4.98 Å². The Bertz CT molecular complexity index is 1000. The van der Waals surface area contributed by atoms with Crippen LogP contribution in [0, 0.1) is 0 Å². The number of rotatable bonds is 6. The zero-order valence-corrected chi connectivity index (χ0v) is 17.2. The summed E-state index contributed by atoms with van der Waals surface area (Å²) in [6.07, 6.45) is 0. The molecule has 3 aromatic rings. The van der Waals surface area contributed by atoms with Crippen LogP contribution in [-0.2, 0) is 6.54 Å². The Hall–Kier alpha value is -3.06. The summed E-state index contributed by atoms with van der Waals surface area (Å²) in [5, 5.41) is 2.62. The lowest BCUT2D eigenvalue weighted by Crippen LogP contribution is -2.31. The number of methoxy groups -OCH3 is 1. The van der Waals surface area contributed by atoms with Gasteiger partial charge in [0.15, 0.2) is 11.5 Å². The number of carbonyl (C=O) groups excluding carboxylic acids is 1. The molecule has 1 aliphatic rings. The predicted molar refractivity (Wildman–Crippen MR) is 112 cm³/mol. The molecule has 2 aromatic carbocycles. The number of carbonyl (C=O) groups is 1. The van der Waals surface area contributed by atoms with Crippen LogP contribution in [0.1, 0.15) is 23.0 Å². The third-order valence-corrected chi connectivity index (χ3v) is 5.63. The van der Waals surface area contributed by atoms with Crippen molar-refractivity contribution in [2.45, 2.75) is 13.5 Å². The summed E-state index contributed by atoms with van der Waals surface area (Å²) in [4.78, 5) is 19.4. The maximum atomic E-state index is 13.1. The van der Waals surface area contributed by atoms with E-state index in [1.807, 2.05) is 54.8 Å². The third-order valence-electron chi connectivity index (χ3n) is 4.74. The molecule has 2 heterocycles. The molecule has 1 amide bonds. The number of para-hydroxylation sites is 1. The van der Waals surface area contributed by atoms with E-state index in [0.717, 1.165) is 33.4 Å². The molecule has 0 radical (unpaired) electrons. The molecule has 0 aliphatic carbocycles. The molecular formula is C22H22N2O4S. The van der Waals surface area contributed by atoms with Crippen LogP contribution in [0.25, 0.3) is 10.6 Å². The van der Waals surface area contributed by atoms with E-state index in [-0.39, 0.29) is 5.91 Å². The van der Waals surface area contributed by atoms with Gasteiger partial charge in [-0.15, -0.1) is 11.3 Å². The van der Waals surface area contributed by atoms with Crippen LogP contribution in [0.3, 0.4) is 0 Å². The Balaban J connectivity index is 1.53. The van der Waals surface area contributed by atoms with Crippen molar-refractivity contribution in [1.29, 1.82) is 0 Å². The van der Waals surface area contributed by atoms with E-state index in [4.69, 9.17) is 14.2 Å². The first-order valence-corrected chi connectivity index (χ1v) is 10.3. The summed E-state index contributed by atoms with van der Waals surface area (Å²) in [5.74, 6) is 2.14. The van der Waals surface area contributed by atoms with Crippen LogP contribution in [0.4, 0.5) is 0 Å². The van der Waals surface area contributed by atoms with E-state index >= 15 is 0 Å². The second-order valence-electron chi connectivity index (χ2n) is 6.53. The number of benzene rings is 2. The second kappa shape index (κ2) is 8.53. The minimum absolute atomic E-state index is 0.0992. The van der Waals surface area contributed by atoms with Crippen LogP contribution in [0.2, 0.25) is 0 Å². The number of hydrogen-bond acceptors (Lipinski definition) is 6. The first kappa shape index (κ1) is 19.3. The number of thiazole rings is 1. The molecular weight excluding hydrogens is 388 g/mol. The van der Waals surface area contributed by atoms with Gasteiger partial charge in [0.2, 0.25) is 0 Å². The van der Waals surface area contributed by atoms with Gasteiger partial charge >= 0.3 is 0 Å². The minimum atomic E-state index is -0.0992. The number of amides is 1. The van der Waals surface area contributed by atoms with Crippen LogP contribution in [0.5, 0.6) is 17.2 Å². The normalized spacial score (nSPS) is 12.5. The Kier molecular flexibility index (Phi) is 5.67. The summed E-state index contributed by atoms with van der Waals surface area (Å²) < 4.78 is 16.6. The van der Waals surface area contributed by atoms with Crippen molar-refractivity contribution in [2.24, 2.45) is 0 Å². The molecule has 1 aromatic heterocycles. The average molecular weight is 410 g/mol. The number of nitrogens with zero attached hydrogens (tertiary/aromatic N) is 2. The number of ether oxygens (including phenoxy) is 3.